The summed E-state index contributed by atoms with van der Waals surface area (Å²) >= 11 is 5.95. The topological polar surface area (TPSA) is 38.3 Å². The first-order valence-corrected chi connectivity index (χ1v) is 7.83. The first-order chi connectivity index (χ1) is 10.7. The number of hydrogen-bond acceptors (Lipinski definition) is 2. The molecule has 1 unspecified atom stereocenters. The highest BCUT2D eigenvalue weighted by Gasteiger charge is 2.25. The minimum atomic E-state index is -0.116. The number of para-hydroxylation sites is 1. The minimum Gasteiger partial charge on any atom is -0.492 e. The Balaban J connectivity index is 1.51. The van der Waals surface area contributed by atoms with Gasteiger partial charge in [-0.2, -0.15) is 0 Å². The average Bonchev–Trinajstić information content (AvgIpc) is 2.54. The smallest absolute Gasteiger partial charge is 0.226 e. The highest BCUT2D eigenvalue weighted by atomic mass is 35.5. The normalized spacial score (nSPS) is 16.5. The van der Waals surface area contributed by atoms with Gasteiger partial charge in [0.1, 0.15) is 12.4 Å². The first kappa shape index (κ1) is 14.9. The average molecular weight is 316 g/mol. The molecule has 22 heavy (non-hydrogen) atoms. The van der Waals surface area contributed by atoms with Crippen molar-refractivity contribution in [3.8, 4) is 5.75 Å². The fraction of sp³-hybridized carbons (Fsp3) is 0.278. The molecule has 1 aliphatic heterocycles. The van der Waals surface area contributed by atoms with Crippen molar-refractivity contribution in [3.05, 3.63) is 64.7 Å². The Labute approximate surface area is 135 Å². The van der Waals surface area contributed by atoms with Crippen LogP contribution in [0.1, 0.15) is 11.1 Å². The highest BCUT2D eigenvalue weighted by Crippen LogP contribution is 2.26. The van der Waals surface area contributed by atoms with Gasteiger partial charge in [0, 0.05) is 11.6 Å². The predicted molar refractivity (Wildman–Crippen MR) is 87.3 cm³/mol. The van der Waals surface area contributed by atoms with Crippen molar-refractivity contribution in [2.45, 2.75) is 12.8 Å². The number of benzene rings is 2. The lowest BCUT2D eigenvalue weighted by Crippen LogP contribution is -2.38. The van der Waals surface area contributed by atoms with Crippen LogP contribution < -0.4 is 10.1 Å². The van der Waals surface area contributed by atoms with E-state index in [9.17, 15) is 4.79 Å². The van der Waals surface area contributed by atoms with Crippen LogP contribution >= 0.6 is 11.6 Å². The van der Waals surface area contributed by atoms with Gasteiger partial charge in [-0.25, -0.2) is 0 Å². The first-order valence-electron chi connectivity index (χ1n) is 7.45. The van der Waals surface area contributed by atoms with E-state index in [4.69, 9.17) is 16.3 Å². The number of hydrogen-bond donors (Lipinski definition) is 1. The standard InChI is InChI=1S/C18H18ClNO2/c19-16-6-3-4-13(10-16)8-9-20-18(21)15-11-14-5-1-2-7-17(14)22-12-15/h1-7,10,15H,8-9,11-12H2,(H,20,21). The van der Waals surface area contributed by atoms with Crippen molar-refractivity contribution in [2.24, 2.45) is 5.92 Å². The summed E-state index contributed by atoms with van der Waals surface area (Å²) in [5.74, 6) is 0.830. The van der Waals surface area contributed by atoms with E-state index >= 15 is 0 Å². The second kappa shape index (κ2) is 6.84. The zero-order valence-electron chi connectivity index (χ0n) is 12.2. The van der Waals surface area contributed by atoms with Gasteiger partial charge < -0.3 is 10.1 Å². The van der Waals surface area contributed by atoms with E-state index in [1.807, 2.05) is 48.5 Å². The summed E-state index contributed by atoms with van der Waals surface area (Å²) in [5.41, 5.74) is 2.22. The summed E-state index contributed by atoms with van der Waals surface area (Å²) in [6, 6.07) is 15.6. The summed E-state index contributed by atoms with van der Waals surface area (Å²) in [6.07, 6.45) is 1.51. The number of nitrogens with one attached hydrogen (secondary N) is 1. The molecule has 0 saturated carbocycles. The lowest BCUT2D eigenvalue weighted by Gasteiger charge is -2.24. The molecule has 2 aromatic carbocycles. The van der Waals surface area contributed by atoms with Crippen LogP contribution in [0.15, 0.2) is 48.5 Å². The number of amides is 1. The molecular formula is C18H18ClNO2. The maximum absolute atomic E-state index is 12.2. The minimum absolute atomic E-state index is 0.0523. The zero-order chi connectivity index (χ0) is 15.4. The van der Waals surface area contributed by atoms with E-state index < -0.39 is 0 Å². The Morgan fingerprint density at radius 3 is 2.95 bits per heavy atom. The number of carbonyl (C=O) groups is 1. The zero-order valence-corrected chi connectivity index (χ0v) is 13.0. The number of ether oxygens (including phenoxy) is 1. The monoisotopic (exact) mass is 315 g/mol. The van der Waals surface area contributed by atoms with Gasteiger partial charge in [-0.05, 0) is 42.2 Å². The maximum atomic E-state index is 12.2. The quantitative estimate of drug-likeness (QED) is 0.940. The van der Waals surface area contributed by atoms with Crippen molar-refractivity contribution in [1.82, 2.24) is 5.32 Å². The molecule has 0 aromatic heterocycles. The maximum Gasteiger partial charge on any atom is 0.226 e. The molecule has 0 bridgehead atoms. The van der Waals surface area contributed by atoms with Gasteiger partial charge in [-0.1, -0.05) is 41.9 Å². The summed E-state index contributed by atoms with van der Waals surface area (Å²) < 4.78 is 5.66. The van der Waals surface area contributed by atoms with E-state index in [2.05, 4.69) is 5.32 Å². The van der Waals surface area contributed by atoms with Gasteiger partial charge in [0.25, 0.3) is 0 Å². The van der Waals surface area contributed by atoms with Crippen LogP contribution in [-0.2, 0) is 17.6 Å². The molecule has 1 N–H and O–H groups in total. The van der Waals surface area contributed by atoms with Crippen molar-refractivity contribution >= 4 is 17.5 Å². The molecule has 3 rings (SSSR count). The molecule has 2 aromatic rings. The largest absolute Gasteiger partial charge is 0.492 e. The van der Waals surface area contributed by atoms with Crippen LogP contribution in [0, 0.1) is 5.92 Å². The molecule has 4 heteroatoms. The Hall–Kier alpha value is -2.00. The third-order valence-electron chi connectivity index (χ3n) is 3.85. The Morgan fingerprint density at radius 2 is 2.09 bits per heavy atom. The molecule has 0 saturated heterocycles. The van der Waals surface area contributed by atoms with E-state index in [1.54, 1.807) is 0 Å². The fourth-order valence-electron chi connectivity index (χ4n) is 2.66. The Morgan fingerprint density at radius 1 is 1.23 bits per heavy atom. The van der Waals surface area contributed by atoms with E-state index in [0.717, 1.165) is 34.7 Å². The van der Waals surface area contributed by atoms with Crippen LogP contribution in [0.2, 0.25) is 5.02 Å². The second-order valence-corrected chi connectivity index (χ2v) is 5.93. The van der Waals surface area contributed by atoms with Gasteiger partial charge in [-0.15, -0.1) is 0 Å². The molecule has 1 amide bonds. The van der Waals surface area contributed by atoms with Gasteiger partial charge >= 0.3 is 0 Å². The van der Waals surface area contributed by atoms with Gasteiger partial charge in [0.2, 0.25) is 5.91 Å². The molecule has 1 atom stereocenters. The van der Waals surface area contributed by atoms with Gasteiger partial charge in [0.05, 0.1) is 5.92 Å². The second-order valence-electron chi connectivity index (χ2n) is 5.49. The predicted octanol–water partition coefficient (Wildman–Crippen LogP) is 3.25. The molecule has 114 valence electrons. The van der Waals surface area contributed by atoms with Crippen LogP contribution in [-0.4, -0.2) is 19.1 Å². The summed E-state index contributed by atoms with van der Waals surface area (Å²) in [7, 11) is 0. The highest BCUT2D eigenvalue weighted by molar-refractivity contribution is 6.30. The van der Waals surface area contributed by atoms with Crippen molar-refractivity contribution in [3.63, 3.8) is 0 Å². The van der Waals surface area contributed by atoms with Crippen molar-refractivity contribution in [2.75, 3.05) is 13.2 Å². The molecular weight excluding hydrogens is 298 g/mol. The number of rotatable bonds is 4. The Kier molecular flexibility index (Phi) is 4.64. The lowest BCUT2D eigenvalue weighted by atomic mass is 9.96. The molecule has 0 fully saturated rings. The Bertz CT molecular complexity index is 672. The summed E-state index contributed by atoms with van der Waals surface area (Å²) in [6.45, 7) is 1.05. The van der Waals surface area contributed by atoms with Crippen LogP contribution in [0.4, 0.5) is 0 Å². The summed E-state index contributed by atoms with van der Waals surface area (Å²) in [5, 5.41) is 3.71. The van der Waals surface area contributed by atoms with E-state index in [1.165, 1.54) is 0 Å². The number of fused-ring (bicyclic) bond motifs is 1. The van der Waals surface area contributed by atoms with Crippen LogP contribution in [0.3, 0.4) is 0 Å². The molecule has 0 aliphatic carbocycles. The molecule has 0 spiro atoms. The fourth-order valence-corrected chi connectivity index (χ4v) is 2.88. The van der Waals surface area contributed by atoms with Crippen molar-refractivity contribution in [1.29, 1.82) is 0 Å². The van der Waals surface area contributed by atoms with Crippen molar-refractivity contribution < 1.29 is 9.53 Å². The van der Waals surface area contributed by atoms with Crippen LogP contribution in [0.5, 0.6) is 5.75 Å². The molecule has 1 heterocycles. The number of carbonyl (C=O) groups excluding carboxylic acids is 1. The molecule has 1 aliphatic rings. The van der Waals surface area contributed by atoms with Gasteiger partial charge in [0.15, 0.2) is 0 Å². The van der Waals surface area contributed by atoms with E-state index in [0.29, 0.717) is 13.2 Å². The summed E-state index contributed by atoms with van der Waals surface area (Å²) in [4.78, 5) is 12.2. The lowest BCUT2D eigenvalue weighted by molar-refractivity contribution is -0.126. The molecule has 0 radical (unpaired) electrons. The third-order valence-corrected chi connectivity index (χ3v) is 4.09. The van der Waals surface area contributed by atoms with E-state index in [-0.39, 0.29) is 11.8 Å². The SMILES string of the molecule is O=C(NCCc1cccc(Cl)c1)C1COc2ccccc2C1. The number of halogens is 1. The molecule has 3 nitrogen and oxygen atoms in total. The third kappa shape index (κ3) is 3.60. The van der Waals surface area contributed by atoms with Crippen LogP contribution in [0.25, 0.3) is 0 Å². The van der Waals surface area contributed by atoms with Gasteiger partial charge in [-0.3, -0.25) is 4.79 Å².